The van der Waals surface area contributed by atoms with Gasteiger partial charge in [0.2, 0.25) is 0 Å². The second kappa shape index (κ2) is 8.29. The number of aryl methyl sites for hydroxylation is 2. The van der Waals surface area contributed by atoms with Crippen LogP contribution >= 0.6 is 0 Å². The van der Waals surface area contributed by atoms with Crippen molar-refractivity contribution in [1.29, 1.82) is 0 Å². The Bertz CT molecular complexity index is 822. The minimum atomic E-state index is -0.112. The molecule has 3 rings (SSSR count). The van der Waals surface area contributed by atoms with Crippen molar-refractivity contribution in [3.05, 3.63) is 47.3 Å². The lowest BCUT2D eigenvalue weighted by molar-refractivity contribution is -0.134. The lowest BCUT2D eigenvalue weighted by atomic mass is 10.1. The molecular formula is C21H26N2O4. The van der Waals surface area contributed by atoms with E-state index in [-0.39, 0.29) is 18.6 Å². The number of rotatable bonds is 6. The maximum Gasteiger partial charge on any atom is 0.260 e. The second-order valence-electron chi connectivity index (χ2n) is 6.62. The van der Waals surface area contributed by atoms with Crippen LogP contribution in [0, 0.1) is 6.92 Å². The molecule has 0 spiro atoms. The van der Waals surface area contributed by atoms with Crippen molar-refractivity contribution < 1.29 is 19.0 Å². The highest BCUT2D eigenvalue weighted by Crippen LogP contribution is 2.33. The predicted molar refractivity (Wildman–Crippen MR) is 102 cm³/mol. The third-order valence-corrected chi connectivity index (χ3v) is 4.78. The first-order valence-corrected chi connectivity index (χ1v) is 9.24. The fourth-order valence-electron chi connectivity index (χ4n) is 2.98. The zero-order chi connectivity index (χ0) is 19.4. The molecule has 27 heavy (non-hydrogen) atoms. The largest absolute Gasteiger partial charge is 0.486 e. The van der Waals surface area contributed by atoms with Gasteiger partial charge in [-0.25, -0.2) is 0 Å². The molecule has 2 aromatic rings. The number of ether oxygens (including phenoxy) is 3. The number of benzene rings is 1. The average Bonchev–Trinajstić information content (AvgIpc) is 2.70. The molecule has 0 saturated carbocycles. The van der Waals surface area contributed by atoms with Crippen LogP contribution in [-0.4, -0.2) is 42.7 Å². The number of hydrogen-bond donors (Lipinski definition) is 0. The van der Waals surface area contributed by atoms with E-state index in [1.165, 1.54) is 0 Å². The first-order chi connectivity index (χ1) is 13.0. The fraction of sp³-hybridized carbons (Fsp3) is 0.429. The van der Waals surface area contributed by atoms with Crippen LogP contribution in [0.1, 0.15) is 36.8 Å². The van der Waals surface area contributed by atoms with Crippen molar-refractivity contribution in [1.82, 2.24) is 9.88 Å². The van der Waals surface area contributed by atoms with Crippen LogP contribution in [-0.2, 0) is 11.2 Å². The van der Waals surface area contributed by atoms with Crippen molar-refractivity contribution in [2.24, 2.45) is 0 Å². The summed E-state index contributed by atoms with van der Waals surface area (Å²) in [4.78, 5) is 18.8. The normalized spacial score (nSPS) is 13.8. The highest BCUT2D eigenvalue weighted by molar-refractivity contribution is 5.78. The molecule has 0 bridgehead atoms. The Balaban J connectivity index is 1.64. The molecule has 0 aliphatic carbocycles. The molecule has 1 aromatic carbocycles. The molecule has 144 valence electrons. The highest BCUT2D eigenvalue weighted by atomic mass is 16.6. The van der Waals surface area contributed by atoms with Crippen molar-refractivity contribution >= 4 is 5.91 Å². The van der Waals surface area contributed by atoms with Gasteiger partial charge < -0.3 is 19.1 Å². The summed E-state index contributed by atoms with van der Waals surface area (Å²) in [5.74, 6) is 2.03. The number of carbonyl (C=O) groups excluding carboxylic acids is 1. The Morgan fingerprint density at radius 1 is 1.22 bits per heavy atom. The Morgan fingerprint density at radius 3 is 2.70 bits per heavy atom. The number of nitrogens with zero attached hydrogens (tertiary/aromatic N) is 2. The lowest BCUT2D eigenvalue weighted by Gasteiger charge is -2.27. The van der Waals surface area contributed by atoms with E-state index in [2.05, 4.69) is 4.98 Å². The molecule has 0 saturated heterocycles. The number of amides is 1. The van der Waals surface area contributed by atoms with Gasteiger partial charge in [0.15, 0.2) is 18.1 Å². The molecule has 0 radical (unpaired) electrons. The maximum absolute atomic E-state index is 12.6. The summed E-state index contributed by atoms with van der Waals surface area (Å²) in [6.45, 7) is 7.02. The predicted octanol–water partition coefficient (Wildman–Crippen LogP) is 3.32. The SMILES string of the molecule is CCc1nc(C)ccc1OCC(=O)N(C)C(C)c1ccc2c(c1)OCCO2. The van der Waals surface area contributed by atoms with Crippen molar-refractivity contribution in [2.45, 2.75) is 33.2 Å². The summed E-state index contributed by atoms with van der Waals surface area (Å²) in [7, 11) is 1.78. The molecule has 0 fully saturated rings. The molecule has 2 heterocycles. The third kappa shape index (κ3) is 4.32. The third-order valence-electron chi connectivity index (χ3n) is 4.78. The Hall–Kier alpha value is -2.76. The van der Waals surface area contributed by atoms with E-state index in [4.69, 9.17) is 14.2 Å². The zero-order valence-electron chi connectivity index (χ0n) is 16.3. The summed E-state index contributed by atoms with van der Waals surface area (Å²) in [5.41, 5.74) is 2.79. The van der Waals surface area contributed by atoms with Gasteiger partial charge in [-0.1, -0.05) is 13.0 Å². The Kier molecular flexibility index (Phi) is 5.84. The van der Waals surface area contributed by atoms with Crippen LogP contribution in [0.25, 0.3) is 0 Å². The molecule has 1 atom stereocenters. The minimum Gasteiger partial charge on any atom is -0.486 e. The van der Waals surface area contributed by atoms with Gasteiger partial charge in [0.1, 0.15) is 19.0 Å². The summed E-state index contributed by atoms with van der Waals surface area (Å²) < 4.78 is 16.9. The summed E-state index contributed by atoms with van der Waals surface area (Å²) in [6.07, 6.45) is 0.759. The van der Waals surface area contributed by atoms with Gasteiger partial charge in [-0.15, -0.1) is 0 Å². The zero-order valence-corrected chi connectivity index (χ0v) is 16.3. The Morgan fingerprint density at radius 2 is 1.96 bits per heavy atom. The van der Waals surface area contributed by atoms with E-state index in [1.807, 2.05) is 51.1 Å². The van der Waals surface area contributed by atoms with Crippen LogP contribution in [0.3, 0.4) is 0 Å². The fourth-order valence-corrected chi connectivity index (χ4v) is 2.98. The number of likely N-dealkylation sites (N-methyl/N-ethyl adjacent to an activating group) is 1. The van der Waals surface area contributed by atoms with Gasteiger partial charge in [0.05, 0.1) is 11.7 Å². The molecule has 1 aliphatic heterocycles. The van der Waals surface area contributed by atoms with E-state index in [9.17, 15) is 4.79 Å². The quantitative estimate of drug-likeness (QED) is 0.781. The van der Waals surface area contributed by atoms with Crippen molar-refractivity contribution in [2.75, 3.05) is 26.9 Å². The van der Waals surface area contributed by atoms with Crippen LogP contribution in [0.2, 0.25) is 0 Å². The molecule has 1 unspecified atom stereocenters. The number of hydrogen-bond acceptors (Lipinski definition) is 5. The van der Waals surface area contributed by atoms with Gasteiger partial charge in [0.25, 0.3) is 5.91 Å². The van der Waals surface area contributed by atoms with E-state index in [0.717, 1.165) is 34.9 Å². The number of aromatic nitrogens is 1. The summed E-state index contributed by atoms with van der Waals surface area (Å²) >= 11 is 0. The van der Waals surface area contributed by atoms with Crippen molar-refractivity contribution in [3.63, 3.8) is 0 Å². The van der Waals surface area contributed by atoms with Crippen LogP contribution in [0.15, 0.2) is 30.3 Å². The van der Waals surface area contributed by atoms with E-state index >= 15 is 0 Å². The highest BCUT2D eigenvalue weighted by Gasteiger charge is 2.21. The summed E-state index contributed by atoms with van der Waals surface area (Å²) in [5, 5.41) is 0. The molecule has 1 amide bonds. The topological polar surface area (TPSA) is 60.9 Å². The van der Waals surface area contributed by atoms with E-state index in [1.54, 1.807) is 11.9 Å². The molecule has 6 heteroatoms. The van der Waals surface area contributed by atoms with Crippen LogP contribution < -0.4 is 14.2 Å². The minimum absolute atomic E-state index is 0.0247. The lowest BCUT2D eigenvalue weighted by Crippen LogP contribution is -2.33. The first-order valence-electron chi connectivity index (χ1n) is 9.24. The molecule has 6 nitrogen and oxygen atoms in total. The van der Waals surface area contributed by atoms with Crippen LogP contribution in [0.4, 0.5) is 0 Å². The van der Waals surface area contributed by atoms with Gasteiger partial charge in [0, 0.05) is 12.7 Å². The van der Waals surface area contributed by atoms with Gasteiger partial charge in [-0.2, -0.15) is 0 Å². The van der Waals surface area contributed by atoms with E-state index in [0.29, 0.717) is 19.0 Å². The molecule has 1 aromatic heterocycles. The monoisotopic (exact) mass is 370 g/mol. The number of carbonyl (C=O) groups is 1. The standard InChI is InChI=1S/C21H26N2O4/c1-5-17-18(8-6-14(2)22-17)27-13-21(24)23(4)15(3)16-7-9-19-20(12-16)26-11-10-25-19/h6-9,12,15H,5,10-11,13H2,1-4H3. The summed E-state index contributed by atoms with van der Waals surface area (Å²) in [6, 6.07) is 9.43. The Labute approximate surface area is 160 Å². The van der Waals surface area contributed by atoms with Crippen LogP contribution in [0.5, 0.6) is 17.2 Å². The first kappa shape index (κ1) is 19.0. The van der Waals surface area contributed by atoms with Gasteiger partial charge in [-0.05, 0) is 50.1 Å². The average molecular weight is 370 g/mol. The molecule has 1 aliphatic rings. The number of pyridine rings is 1. The second-order valence-corrected chi connectivity index (χ2v) is 6.62. The van der Waals surface area contributed by atoms with Crippen molar-refractivity contribution in [3.8, 4) is 17.2 Å². The smallest absolute Gasteiger partial charge is 0.260 e. The number of fused-ring (bicyclic) bond motifs is 1. The molecular weight excluding hydrogens is 344 g/mol. The maximum atomic E-state index is 12.6. The van der Waals surface area contributed by atoms with Gasteiger partial charge in [-0.3, -0.25) is 9.78 Å². The molecule has 0 N–H and O–H groups in total. The van der Waals surface area contributed by atoms with E-state index < -0.39 is 0 Å². The van der Waals surface area contributed by atoms with Gasteiger partial charge >= 0.3 is 0 Å².